The molecule has 2 rings (SSSR count). The maximum absolute atomic E-state index is 11.0. The fourth-order valence-corrected chi connectivity index (χ4v) is 3.82. The number of hydrogen-bond acceptors (Lipinski definition) is 3. The van der Waals surface area contributed by atoms with Crippen LogP contribution in [-0.4, -0.2) is 28.8 Å². The van der Waals surface area contributed by atoms with Crippen LogP contribution in [0.5, 0.6) is 0 Å². The Balaban J connectivity index is 2.32. The molecule has 0 aromatic heterocycles. The van der Waals surface area contributed by atoms with Gasteiger partial charge in [0.05, 0.1) is 6.10 Å². The van der Waals surface area contributed by atoms with Crippen LogP contribution in [-0.2, 0) is 15.6 Å². The van der Waals surface area contributed by atoms with Crippen molar-refractivity contribution in [1.82, 2.24) is 5.32 Å². The van der Waals surface area contributed by atoms with E-state index in [2.05, 4.69) is 45.1 Å². The van der Waals surface area contributed by atoms with Gasteiger partial charge in [0.1, 0.15) is 6.10 Å². The molecule has 2 unspecified atom stereocenters. The van der Waals surface area contributed by atoms with Crippen LogP contribution in [0.15, 0.2) is 12.1 Å². The summed E-state index contributed by atoms with van der Waals surface area (Å²) in [5.74, 6) is -0.129. The molecule has 0 heterocycles. The second-order valence-corrected chi connectivity index (χ2v) is 8.81. The van der Waals surface area contributed by atoms with Crippen molar-refractivity contribution in [2.75, 3.05) is 6.54 Å². The third-order valence-electron chi connectivity index (χ3n) is 5.74. The van der Waals surface area contributed by atoms with Crippen molar-refractivity contribution in [2.45, 2.75) is 83.8 Å². The van der Waals surface area contributed by atoms with E-state index in [1.165, 1.54) is 18.1 Å². The van der Waals surface area contributed by atoms with Gasteiger partial charge in [-0.2, -0.15) is 0 Å². The number of aliphatic hydroxyl groups excluding tert-OH is 2. The Hall–Kier alpha value is -1.39. The average molecular weight is 347 g/mol. The Labute approximate surface area is 151 Å². The SMILES string of the molecule is CC(=O)NCCC(O)C(O)c1cc2c(cc1C)C(C)(C)CCC2(C)C. The minimum atomic E-state index is -0.945. The molecular formula is C21H33NO3. The molecule has 4 heteroatoms. The van der Waals surface area contributed by atoms with Gasteiger partial charge in [-0.3, -0.25) is 4.79 Å². The summed E-state index contributed by atoms with van der Waals surface area (Å²) in [5.41, 5.74) is 4.62. The lowest BCUT2D eigenvalue weighted by atomic mass is 9.62. The van der Waals surface area contributed by atoms with E-state index < -0.39 is 12.2 Å². The van der Waals surface area contributed by atoms with Gasteiger partial charge in [-0.15, -0.1) is 0 Å². The van der Waals surface area contributed by atoms with E-state index in [-0.39, 0.29) is 16.7 Å². The number of benzene rings is 1. The van der Waals surface area contributed by atoms with E-state index in [4.69, 9.17) is 0 Å². The zero-order valence-electron chi connectivity index (χ0n) is 16.4. The summed E-state index contributed by atoms with van der Waals surface area (Å²) in [5, 5.41) is 23.7. The number of hydrogen-bond donors (Lipinski definition) is 3. The molecule has 1 amide bonds. The lowest BCUT2D eigenvalue weighted by Gasteiger charge is -2.42. The molecule has 0 fully saturated rings. The van der Waals surface area contributed by atoms with E-state index in [0.29, 0.717) is 13.0 Å². The molecule has 1 aromatic carbocycles. The number of nitrogens with one attached hydrogen (secondary N) is 1. The summed E-state index contributed by atoms with van der Waals surface area (Å²) >= 11 is 0. The smallest absolute Gasteiger partial charge is 0.216 e. The van der Waals surface area contributed by atoms with Crippen molar-refractivity contribution in [3.05, 3.63) is 34.4 Å². The second kappa shape index (κ2) is 7.08. The fraction of sp³-hybridized carbons (Fsp3) is 0.667. The van der Waals surface area contributed by atoms with Crippen LogP contribution in [0.1, 0.15) is 82.2 Å². The van der Waals surface area contributed by atoms with Crippen LogP contribution >= 0.6 is 0 Å². The Morgan fingerprint density at radius 3 is 2.16 bits per heavy atom. The Morgan fingerprint density at radius 2 is 1.64 bits per heavy atom. The highest BCUT2D eigenvalue weighted by Gasteiger charge is 2.38. The molecule has 0 aliphatic heterocycles. The largest absolute Gasteiger partial charge is 0.390 e. The number of rotatable bonds is 5. The average Bonchev–Trinajstić information content (AvgIpc) is 2.50. The number of aryl methyl sites for hydroxylation is 1. The molecule has 4 nitrogen and oxygen atoms in total. The van der Waals surface area contributed by atoms with Crippen LogP contribution in [0.2, 0.25) is 0 Å². The summed E-state index contributed by atoms with van der Waals surface area (Å²) in [4.78, 5) is 11.0. The monoisotopic (exact) mass is 347 g/mol. The second-order valence-electron chi connectivity index (χ2n) is 8.81. The lowest BCUT2D eigenvalue weighted by Crippen LogP contribution is -2.34. The van der Waals surface area contributed by atoms with Crippen molar-refractivity contribution in [1.29, 1.82) is 0 Å². The van der Waals surface area contributed by atoms with Gasteiger partial charge in [0.25, 0.3) is 0 Å². The van der Waals surface area contributed by atoms with Gasteiger partial charge >= 0.3 is 0 Å². The highest BCUT2D eigenvalue weighted by atomic mass is 16.3. The molecular weight excluding hydrogens is 314 g/mol. The molecule has 0 bridgehead atoms. The molecule has 1 aromatic rings. The highest BCUT2D eigenvalue weighted by Crippen LogP contribution is 2.47. The molecule has 0 saturated carbocycles. The van der Waals surface area contributed by atoms with Gasteiger partial charge in [-0.25, -0.2) is 0 Å². The third kappa shape index (κ3) is 4.24. The van der Waals surface area contributed by atoms with Crippen LogP contribution in [0.3, 0.4) is 0 Å². The minimum Gasteiger partial charge on any atom is -0.390 e. The predicted octanol–water partition coefficient (Wildman–Crippen LogP) is 3.26. The molecule has 25 heavy (non-hydrogen) atoms. The van der Waals surface area contributed by atoms with Crippen molar-refractivity contribution in [3.8, 4) is 0 Å². The van der Waals surface area contributed by atoms with E-state index >= 15 is 0 Å². The molecule has 140 valence electrons. The van der Waals surface area contributed by atoms with Crippen molar-refractivity contribution < 1.29 is 15.0 Å². The van der Waals surface area contributed by atoms with Gasteiger partial charge < -0.3 is 15.5 Å². The molecule has 1 aliphatic rings. The van der Waals surface area contributed by atoms with Gasteiger partial charge in [-0.05, 0) is 59.3 Å². The Kier molecular flexibility index (Phi) is 5.65. The number of fused-ring (bicyclic) bond motifs is 1. The third-order valence-corrected chi connectivity index (χ3v) is 5.74. The quantitative estimate of drug-likeness (QED) is 0.766. The molecule has 1 aliphatic carbocycles. The van der Waals surface area contributed by atoms with Gasteiger partial charge in [0.2, 0.25) is 5.91 Å². The fourth-order valence-electron chi connectivity index (χ4n) is 3.82. The van der Waals surface area contributed by atoms with E-state index in [9.17, 15) is 15.0 Å². The maximum atomic E-state index is 11.0. The topological polar surface area (TPSA) is 69.6 Å². The summed E-state index contributed by atoms with van der Waals surface area (Å²) in [6, 6.07) is 4.28. The zero-order valence-corrected chi connectivity index (χ0v) is 16.4. The van der Waals surface area contributed by atoms with E-state index in [1.54, 1.807) is 0 Å². The lowest BCUT2D eigenvalue weighted by molar-refractivity contribution is -0.119. The first kappa shape index (κ1) is 19.9. The van der Waals surface area contributed by atoms with Crippen molar-refractivity contribution in [3.63, 3.8) is 0 Å². The zero-order chi connectivity index (χ0) is 19.0. The molecule has 0 radical (unpaired) electrons. The van der Waals surface area contributed by atoms with Crippen LogP contribution in [0.4, 0.5) is 0 Å². The number of carbonyl (C=O) groups excluding carboxylic acids is 1. The van der Waals surface area contributed by atoms with Gasteiger partial charge in [0.15, 0.2) is 0 Å². The first-order valence-corrected chi connectivity index (χ1v) is 9.22. The predicted molar refractivity (Wildman–Crippen MR) is 101 cm³/mol. The Bertz CT molecular complexity index is 649. The summed E-state index contributed by atoms with van der Waals surface area (Å²) in [6.07, 6.45) is 0.736. The minimum absolute atomic E-state index is 0.0637. The summed E-state index contributed by atoms with van der Waals surface area (Å²) in [7, 11) is 0. The summed E-state index contributed by atoms with van der Waals surface area (Å²) in [6.45, 7) is 12.9. The van der Waals surface area contributed by atoms with Crippen LogP contribution in [0, 0.1) is 6.92 Å². The first-order valence-electron chi connectivity index (χ1n) is 9.22. The summed E-state index contributed by atoms with van der Waals surface area (Å²) < 4.78 is 0. The first-order chi connectivity index (χ1) is 11.5. The number of amides is 1. The van der Waals surface area contributed by atoms with Crippen molar-refractivity contribution >= 4 is 5.91 Å². The molecule has 0 spiro atoms. The number of carbonyl (C=O) groups is 1. The van der Waals surface area contributed by atoms with Crippen molar-refractivity contribution in [2.24, 2.45) is 0 Å². The normalized spacial score (nSPS) is 20.5. The van der Waals surface area contributed by atoms with Gasteiger partial charge in [-0.1, -0.05) is 39.8 Å². The molecule has 3 N–H and O–H groups in total. The van der Waals surface area contributed by atoms with E-state index in [1.807, 2.05) is 6.92 Å². The van der Waals surface area contributed by atoms with Gasteiger partial charge in [0, 0.05) is 13.5 Å². The van der Waals surface area contributed by atoms with E-state index in [0.717, 1.165) is 24.0 Å². The highest BCUT2D eigenvalue weighted by molar-refractivity contribution is 5.72. The van der Waals surface area contributed by atoms with Crippen LogP contribution < -0.4 is 5.32 Å². The number of aliphatic hydroxyl groups is 2. The van der Waals surface area contributed by atoms with Crippen LogP contribution in [0.25, 0.3) is 0 Å². The molecule has 0 saturated heterocycles. The maximum Gasteiger partial charge on any atom is 0.216 e. The standard InChI is InChI=1S/C21H33NO3/c1-13-11-16-17(21(5,6)9-8-20(16,3)4)12-15(13)19(25)18(24)7-10-22-14(2)23/h11-12,18-19,24-25H,7-10H2,1-6H3,(H,22,23). The molecule has 2 atom stereocenters. The Morgan fingerprint density at radius 1 is 1.12 bits per heavy atom.